The van der Waals surface area contributed by atoms with Crippen molar-refractivity contribution in [3.8, 4) is 17.2 Å². The largest absolute Gasteiger partial charge is 0.497 e. The number of carbonyl (C=O) groups is 2. The molecule has 1 aliphatic heterocycles. The third-order valence-corrected chi connectivity index (χ3v) is 5.71. The molecule has 3 aromatic rings. The fourth-order valence-electron chi connectivity index (χ4n) is 4.09. The zero-order valence-corrected chi connectivity index (χ0v) is 19.6. The maximum Gasteiger partial charge on any atom is 0.282 e. The highest BCUT2D eigenvalue weighted by Crippen LogP contribution is 2.42. The van der Waals surface area contributed by atoms with Crippen LogP contribution in [0.1, 0.15) is 11.1 Å². The van der Waals surface area contributed by atoms with E-state index in [9.17, 15) is 9.59 Å². The van der Waals surface area contributed by atoms with E-state index in [0.717, 1.165) is 10.5 Å². The van der Waals surface area contributed by atoms with Crippen LogP contribution in [0.15, 0.2) is 78.5 Å². The van der Waals surface area contributed by atoms with Crippen LogP contribution in [0, 0.1) is 0 Å². The van der Waals surface area contributed by atoms with Crippen LogP contribution in [-0.4, -0.2) is 45.1 Å². The summed E-state index contributed by atoms with van der Waals surface area (Å²) < 4.78 is 16.3. The average molecular weight is 459 g/mol. The Morgan fingerprint density at radius 2 is 1.44 bits per heavy atom. The molecule has 4 rings (SSSR count). The fourth-order valence-corrected chi connectivity index (χ4v) is 4.09. The number of rotatable bonds is 8. The van der Waals surface area contributed by atoms with Crippen molar-refractivity contribution in [2.75, 3.05) is 33.3 Å². The van der Waals surface area contributed by atoms with Crippen LogP contribution in [0.2, 0.25) is 0 Å². The van der Waals surface area contributed by atoms with Crippen molar-refractivity contribution >= 4 is 23.1 Å². The van der Waals surface area contributed by atoms with E-state index >= 15 is 0 Å². The number of likely N-dealkylation sites (N-methyl/N-ethyl adjacent to an activating group) is 1. The van der Waals surface area contributed by atoms with Crippen LogP contribution in [0.25, 0.3) is 5.57 Å². The summed E-state index contributed by atoms with van der Waals surface area (Å²) in [5.41, 5.74) is 2.42. The molecule has 0 aliphatic carbocycles. The predicted octanol–water partition coefficient (Wildman–Crippen LogP) is 4.13. The Bertz CT molecular complexity index is 1250. The number of nitrogens with zero attached hydrogens (tertiary/aromatic N) is 2. The van der Waals surface area contributed by atoms with E-state index in [1.165, 1.54) is 21.3 Å². The quantitative estimate of drug-likeness (QED) is 0.473. The minimum absolute atomic E-state index is 0.269. The maximum absolute atomic E-state index is 13.9. The maximum atomic E-state index is 13.9. The summed E-state index contributed by atoms with van der Waals surface area (Å²) in [6.45, 7) is 0.441. The Labute approximate surface area is 198 Å². The molecule has 0 fully saturated rings. The summed E-state index contributed by atoms with van der Waals surface area (Å²) in [6.07, 6.45) is 0. The molecule has 34 heavy (non-hydrogen) atoms. The number of methoxy groups -OCH3 is 3. The molecule has 7 nitrogen and oxygen atoms in total. The lowest BCUT2D eigenvalue weighted by molar-refractivity contribution is -0.120. The van der Waals surface area contributed by atoms with Gasteiger partial charge in [-0.1, -0.05) is 48.5 Å². The summed E-state index contributed by atoms with van der Waals surface area (Å²) in [4.78, 5) is 30.7. The second kappa shape index (κ2) is 9.70. The van der Waals surface area contributed by atoms with E-state index in [0.29, 0.717) is 35.0 Å². The van der Waals surface area contributed by atoms with Gasteiger partial charge >= 0.3 is 0 Å². The standard InChI is InChI=1S/C27H26N2O5/c1-28(17-18-10-6-5-7-11-18)25-24(20-12-8-9-13-22(20)33-3)26(30)29(27(25)31)21-16-19(32-2)14-15-23(21)34-4/h5-16H,17H2,1-4H3. The number of ether oxygens (including phenoxy) is 3. The van der Waals surface area contributed by atoms with Crippen LogP contribution in [0.4, 0.5) is 5.69 Å². The SMILES string of the molecule is COc1ccc(OC)c(N2C(=O)C(c3ccccc3OC)=C(N(C)Cc3ccccc3)C2=O)c1. The molecule has 1 heterocycles. The second-order valence-electron chi connectivity index (χ2n) is 7.75. The van der Waals surface area contributed by atoms with Gasteiger partial charge in [0.15, 0.2) is 0 Å². The normalized spacial score (nSPS) is 13.4. The van der Waals surface area contributed by atoms with E-state index in [-0.39, 0.29) is 11.3 Å². The molecule has 1 aliphatic rings. The van der Waals surface area contributed by atoms with E-state index in [1.54, 1.807) is 42.3 Å². The molecule has 2 amide bonds. The number of hydrogen-bond donors (Lipinski definition) is 0. The minimum Gasteiger partial charge on any atom is -0.497 e. The van der Waals surface area contributed by atoms with Crippen LogP contribution < -0.4 is 19.1 Å². The Morgan fingerprint density at radius 3 is 2.12 bits per heavy atom. The number of anilines is 1. The van der Waals surface area contributed by atoms with Crippen molar-refractivity contribution in [2.24, 2.45) is 0 Å². The highest BCUT2D eigenvalue weighted by Gasteiger charge is 2.43. The molecule has 0 bridgehead atoms. The lowest BCUT2D eigenvalue weighted by Crippen LogP contribution is -2.34. The highest BCUT2D eigenvalue weighted by atomic mass is 16.5. The zero-order chi connectivity index (χ0) is 24.2. The monoisotopic (exact) mass is 458 g/mol. The van der Waals surface area contributed by atoms with Crippen LogP contribution in [0.3, 0.4) is 0 Å². The number of amides is 2. The van der Waals surface area contributed by atoms with Gasteiger partial charge in [0.25, 0.3) is 11.8 Å². The molecular formula is C27H26N2O5. The number of carbonyl (C=O) groups excluding carboxylic acids is 2. The predicted molar refractivity (Wildman–Crippen MR) is 130 cm³/mol. The second-order valence-corrected chi connectivity index (χ2v) is 7.75. The smallest absolute Gasteiger partial charge is 0.282 e. The Balaban J connectivity index is 1.88. The topological polar surface area (TPSA) is 68.3 Å². The van der Waals surface area contributed by atoms with Crippen molar-refractivity contribution in [3.63, 3.8) is 0 Å². The first kappa shape index (κ1) is 22.9. The Kier molecular flexibility index (Phi) is 6.54. The van der Waals surface area contributed by atoms with Crippen molar-refractivity contribution in [3.05, 3.63) is 89.6 Å². The number of benzene rings is 3. The van der Waals surface area contributed by atoms with Gasteiger partial charge in [-0.2, -0.15) is 0 Å². The van der Waals surface area contributed by atoms with E-state index < -0.39 is 11.8 Å². The van der Waals surface area contributed by atoms with Crippen LogP contribution in [-0.2, 0) is 16.1 Å². The van der Waals surface area contributed by atoms with Gasteiger partial charge in [-0.25, -0.2) is 4.90 Å². The van der Waals surface area contributed by atoms with E-state index in [1.807, 2.05) is 42.5 Å². The lowest BCUT2D eigenvalue weighted by Gasteiger charge is -2.22. The van der Waals surface area contributed by atoms with Gasteiger partial charge in [0, 0.05) is 25.2 Å². The molecule has 0 radical (unpaired) electrons. The third kappa shape index (κ3) is 4.08. The minimum atomic E-state index is -0.462. The summed E-state index contributed by atoms with van der Waals surface area (Å²) in [5.74, 6) is 0.478. The molecule has 174 valence electrons. The summed E-state index contributed by atoms with van der Waals surface area (Å²) >= 11 is 0. The van der Waals surface area contributed by atoms with Gasteiger partial charge < -0.3 is 19.1 Å². The Morgan fingerprint density at radius 1 is 0.765 bits per heavy atom. The summed E-state index contributed by atoms with van der Waals surface area (Å²) in [7, 11) is 6.36. The first-order valence-electron chi connectivity index (χ1n) is 10.7. The van der Waals surface area contributed by atoms with Crippen molar-refractivity contribution in [1.82, 2.24) is 4.90 Å². The van der Waals surface area contributed by atoms with E-state index in [2.05, 4.69) is 0 Å². The molecule has 0 saturated heterocycles. The van der Waals surface area contributed by atoms with Crippen molar-refractivity contribution in [1.29, 1.82) is 0 Å². The van der Waals surface area contributed by atoms with Crippen LogP contribution in [0.5, 0.6) is 17.2 Å². The fraction of sp³-hybridized carbons (Fsp3) is 0.185. The zero-order valence-electron chi connectivity index (χ0n) is 19.6. The van der Waals surface area contributed by atoms with Gasteiger partial charge in [0.1, 0.15) is 22.9 Å². The molecule has 3 aromatic carbocycles. The average Bonchev–Trinajstić information content (AvgIpc) is 3.13. The molecule has 0 saturated carbocycles. The lowest BCUT2D eigenvalue weighted by atomic mass is 10.0. The Hall–Kier alpha value is -4.26. The molecule has 0 atom stereocenters. The van der Waals surface area contributed by atoms with Gasteiger partial charge in [-0.15, -0.1) is 0 Å². The molecule has 0 aromatic heterocycles. The number of para-hydroxylation sites is 1. The van der Waals surface area contributed by atoms with Crippen LogP contribution >= 0.6 is 0 Å². The molecule has 7 heteroatoms. The number of imide groups is 1. The van der Waals surface area contributed by atoms with Gasteiger partial charge in [-0.3, -0.25) is 9.59 Å². The molecule has 0 unspecified atom stereocenters. The number of hydrogen-bond acceptors (Lipinski definition) is 6. The van der Waals surface area contributed by atoms with Gasteiger partial charge in [0.2, 0.25) is 0 Å². The van der Waals surface area contributed by atoms with Crippen molar-refractivity contribution < 1.29 is 23.8 Å². The highest BCUT2D eigenvalue weighted by molar-refractivity contribution is 6.46. The molecule has 0 spiro atoms. The van der Waals surface area contributed by atoms with Gasteiger partial charge in [0.05, 0.1) is 32.6 Å². The summed E-state index contributed by atoms with van der Waals surface area (Å²) in [5, 5.41) is 0. The third-order valence-electron chi connectivity index (χ3n) is 5.71. The van der Waals surface area contributed by atoms with Gasteiger partial charge in [-0.05, 0) is 23.8 Å². The first-order valence-corrected chi connectivity index (χ1v) is 10.7. The first-order chi connectivity index (χ1) is 16.5. The van der Waals surface area contributed by atoms with Crippen molar-refractivity contribution in [2.45, 2.75) is 6.54 Å². The van der Waals surface area contributed by atoms with E-state index in [4.69, 9.17) is 14.2 Å². The molecule has 0 N–H and O–H groups in total. The summed E-state index contributed by atoms with van der Waals surface area (Å²) in [6, 6.07) is 21.9. The molecular weight excluding hydrogens is 432 g/mol.